The first kappa shape index (κ1) is 21.8. The van der Waals surface area contributed by atoms with Crippen LogP contribution in [0.5, 0.6) is 5.75 Å². The van der Waals surface area contributed by atoms with Crippen LogP contribution < -0.4 is 15.0 Å². The molecule has 0 aromatic heterocycles. The molecular formula is C23H25Cl2N3O3. The number of halogens is 2. The fourth-order valence-corrected chi connectivity index (χ4v) is 4.34. The lowest BCUT2D eigenvalue weighted by Crippen LogP contribution is -2.51. The lowest BCUT2D eigenvalue weighted by atomic mass is 10.1. The molecule has 0 spiro atoms. The number of fused-ring (bicyclic) bond motifs is 1. The first-order valence-electron chi connectivity index (χ1n) is 10.6. The number of carbonyl (C=O) groups excluding carboxylic acids is 2. The van der Waals surface area contributed by atoms with Gasteiger partial charge in [0.15, 0.2) is 6.10 Å². The number of ether oxygens (including phenoxy) is 1. The second-order valence-corrected chi connectivity index (χ2v) is 8.67. The van der Waals surface area contributed by atoms with Crippen molar-refractivity contribution in [1.29, 1.82) is 0 Å². The van der Waals surface area contributed by atoms with Crippen LogP contribution in [-0.2, 0) is 9.59 Å². The molecule has 2 aliphatic heterocycles. The number of nitrogens with zero attached hydrogens (tertiary/aromatic N) is 2. The van der Waals surface area contributed by atoms with Crippen LogP contribution in [0.1, 0.15) is 25.7 Å². The predicted octanol–water partition coefficient (Wildman–Crippen LogP) is 4.60. The number of carbonyl (C=O) groups is 2. The van der Waals surface area contributed by atoms with Gasteiger partial charge in [0.1, 0.15) is 5.75 Å². The first-order valence-corrected chi connectivity index (χ1v) is 11.3. The zero-order valence-electron chi connectivity index (χ0n) is 17.2. The van der Waals surface area contributed by atoms with E-state index in [0.29, 0.717) is 34.6 Å². The molecule has 164 valence electrons. The number of amides is 2. The van der Waals surface area contributed by atoms with E-state index in [4.69, 9.17) is 27.9 Å². The van der Waals surface area contributed by atoms with Crippen LogP contribution in [-0.4, -0.2) is 49.0 Å². The number of anilines is 2. The Balaban J connectivity index is 1.43. The van der Waals surface area contributed by atoms with E-state index in [9.17, 15) is 9.59 Å². The molecule has 1 N–H and O–H groups in total. The summed E-state index contributed by atoms with van der Waals surface area (Å²) in [6, 6.07) is 12.6. The monoisotopic (exact) mass is 461 g/mol. The summed E-state index contributed by atoms with van der Waals surface area (Å²) in [5.41, 5.74) is 1.37. The first-order chi connectivity index (χ1) is 15.0. The van der Waals surface area contributed by atoms with Gasteiger partial charge in [-0.3, -0.25) is 9.59 Å². The third-order valence-electron chi connectivity index (χ3n) is 5.62. The molecule has 0 aliphatic carbocycles. The molecule has 4 rings (SSSR count). The SMILES string of the molecule is O=C(CCN1CC(C(=O)N2CCCCC2)Oc2ccccc21)Nc1cc(Cl)ccc1Cl. The Morgan fingerprint density at radius 2 is 1.84 bits per heavy atom. The summed E-state index contributed by atoms with van der Waals surface area (Å²) >= 11 is 12.1. The molecule has 0 saturated carbocycles. The molecule has 2 aromatic carbocycles. The van der Waals surface area contributed by atoms with E-state index < -0.39 is 6.10 Å². The Morgan fingerprint density at radius 3 is 2.65 bits per heavy atom. The van der Waals surface area contributed by atoms with Crippen molar-refractivity contribution in [1.82, 2.24) is 4.90 Å². The van der Waals surface area contributed by atoms with Crippen LogP contribution in [0.15, 0.2) is 42.5 Å². The molecule has 2 heterocycles. The van der Waals surface area contributed by atoms with Gasteiger partial charge in [-0.05, 0) is 49.6 Å². The molecule has 0 radical (unpaired) electrons. The van der Waals surface area contributed by atoms with Crippen molar-refractivity contribution in [2.75, 3.05) is 36.4 Å². The second-order valence-electron chi connectivity index (χ2n) is 7.83. The van der Waals surface area contributed by atoms with Gasteiger partial charge in [-0.2, -0.15) is 0 Å². The topological polar surface area (TPSA) is 61.9 Å². The summed E-state index contributed by atoms with van der Waals surface area (Å²) in [5, 5.41) is 3.74. The van der Waals surface area contributed by atoms with Gasteiger partial charge in [0.25, 0.3) is 5.91 Å². The standard InChI is InChI=1S/C23H25Cl2N3O3/c24-16-8-9-17(25)18(14-16)26-22(29)10-13-28-15-21(23(30)27-11-4-1-5-12-27)31-20-7-3-2-6-19(20)28/h2-3,6-9,14,21H,1,4-5,10-13,15H2,(H,26,29). The van der Waals surface area contributed by atoms with Gasteiger partial charge in [0.2, 0.25) is 5.91 Å². The third-order valence-corrected chi connectivity index (χ3v) is 6.18. The van der Waals surface area contributed by atoms with Crippen LogP contribution >= 0.6 is 23.2 Å². The lowest BCUT2D eigenvalue weighted by Gasteiger charge is -2.38. The summed E-state index contributed by atoms with van der Waals surface area (Å²) in [6.45, 7) is 2.43. The molecule has 2 aliphatic rings. The van der Waals surface area contributed by atoms with Gasteiger partial charge in [0, 0.05) is 31.1 Å². The van der Waals surface area contributed by atoms with Crippen molar-refractivity contribution in [2.45, 2.75) is 31.8 Å². The van der Waals surface area contributed by atoms with E-state index in [-0.39, 0.29) is 18.2 Å². The predicted molar refractivity (Wildman–Crippen MR) is 123 cm³/mol. The number of hydrogen-bond acceptors (Lipinski definition) is 4. The van der Waals surface area contributed by atoms with Crippen LogP contribution in [0.25, 0.3) is 0 Å². The minimum absolute atomic E-state index is 0.0226. The Bertz CT molecular complexity index is 963. The van der Waals surface area contributed by atoms with Crippen molar-refractivity contribution in [3.63, 3.8) is 0 Å². The van der Waals surface area contributed by atoms with Crippen molar-refractivity contribution in [3.05, 3.63) is 52.5 Å². The minimum Gasteiger partial charge on any atom is -0.477 e. The molecule has 1 saturated heterocycles. The number of likely N-dealkylation sites (tertiary alicyclic amines) is 1. The largest absolute Gasteiger partial charge is 0.477 e. The summed E-state index contributed by atoms with van der Waals surface area (Å²) in [4.78, 5) is 29.5. The number of hydrogen-bond donors (Lipinski definition) is 1. The Kier molecular flexibility index (Phi) is 6.88. The summed E-state index contributed by atoms with van der Waals surface area (Å²) in [7, 11) is 0. The van der Waals surface area contributed by atoms with E-state index in [1.807, 2.05) is 34.1 Å². The highest BCUT2D eigenvalue weighted by molar-refractivity contribution is 6.35. The quantitative estimate of drug-likeness (QED) is 0.706. The molecule has 8 heteroatoms. The maximum atomic E-state index is 13.0. The van der Waals surface area contributed by atoms with Gasteiger partial charge in [-0.25, -0.2) is 0 Å². The van der Waals surface area contributed by atoms with E-state index in [2.05, 4.69) is 5.32 Å². The van der Waals surface area contributed by atoms with E-state index in [1.54, 1.807) is 18.2 Å². The molecule has 2 aromatic rings. The summed E-state index contributed by atoms with van der Waals surface area (Å²) in [5.74, 6) is 0.517. The average molecular weight is 462 g/mol. The summed E-state index contributed by atoms with van der Waals surface area (Å²) in [6.07, 6.45) is 2.90. The van der Waals surface area contributed by atoms with Crippen molar-refractivity contribution >= 4 is 46.4 Å². The second kappa shape index (κ2) is 9.79. The molecule has 0 bridgehead atoms. The highest BCUT2D eigenvalue weighted by atomic mass is 35.5. The van der Waals surface area contributed by atoms with Gasteiger partial charge >= 0.3 is 0 Å². The normalized spacial score (nSPS) is 18.2. The lowest BCUT2D eigenvalue weighted by molar-refractivity contribution is -0.139. The van der Waals surface area contributed by atoms with Crippen molar-refractivity contribution in [2.24, 2.45) is 0 Å². The number of rotatable bonds is 5. The zero-order valence-corrected chi connectivity index (χ0v) is 18.7. The van der Waals surface area contributed by atoms with Crippen LogP contribution in [0.4, 0.5) is 11.4 Å². The Morgan fingerprint density at radius 1 is 1.06 bits per heavy atom. The van der Waals surface area contributed by atoms with Crippen molar-refractivity contribution in [3.8, 4) is 5.75 Å². The van der Waals surface area contributed by atoms with Crippen LogP contribution in [0, 0.1) is 0 Å². The third kappa shape index (κ3) is 5.25. The highest BCUT2D eigenvalue weighted by Crippen LogP contribution is 2.34. The van der Waals surface area contributed by atoms with Gasteiger partial charge in [0.05, 0.1) is 22.9 Å². The molecule has 6 nitrogen and oxygen atoms in total. The fraction of sp³-hybridized carbons (Fsp3) is 0.391. The van der Waals surface area contributed by atoms with Crippen LogP contribution in [0.2, 0.25) is 10.0 Å². The van der Waals surface area contributed by atoms with E-state index >= 15 is 0 Å². The van der Waals surface area contributed by atoms with Crippen LogP contribution in [0.3, 0.4) is 0 Å². The number of nitrogens with one attached hydrogen (secondary N) is 1. The van der Waals surface area contributed by atoms with E-state index in [0.717, 1.165) is 38.0 Å². The smallest absolute Gasteiger partial charge is 0.265 e. The van der Waals surface area contributed by atoms with E-state index in [1.165, 1.54) is 0 Å². The highest BCUT2D eigenvalue weighted by Gasteiger charge is 2.34. The average Bonchev–Trinajstić information content (AvgIpc) is 2.79. The molecule has 1 atom stereocenters. The van der Waals surface area contributed by atoms with Gasteiger partial charge in [-0.1, -0.05) is 35.3 Å². The maximum Gasteiger partial charge on any atom is 0.265 e. The number of piperidine rings is 1. The molecule has 1 unspecified atom stereocenters. The Hall–Kier alpha value is -2.44. The van der Waals surface area contributed by atoms with Gasteiger partial charge in [-0.15, -0.1) is 0 Å². The van der Waals surface area contributed by atoms with Gasteiger partial charge < -0.3 is 19.9 Å². The number of para-hydroxylation sites is 2. The fourth-order valence-electron chi connectivity index (χ4n) is 4.01. The molecule has 2 amide bonds. The molecule has 1 fully saturated rings. The minimum atomic E-state index is -0.571. The molecular weight excluding hydrogens is 437 g/mol. The molecule has 31 heavy (non-hydrogen) atoms. The van der Waals surface area contributed by atoms with Crippen molar-refractivity contribution < 1.29 is 14.3 Å². The zero-order chi connectivity index (χ0) is 21.8. The number of benzene rings is 2. The Labute approximate surface area is 192 Å². The summed E-state index contributed by atoms with van der Waals surface area (Å²) < 4.78 is 6.04. The maximum absolute atomic E-state index is 13.0.